The predicted molar refractivity (Wildman–Crippen MR) is 113 cm³/mol. The fourth-order valence-corrected chi connectivity index (χ4v) is 5.47. The zero-order valence-electron chi connectivity index (χ0n) is 14.1. The molecule has 0 amide bonds. The molecule has 0 saturated carbocycles. The van der Waals surface area contributed by atoms with Crippen LogP contribution in [-0.2, 0) is 0 Å². The fraction of sp³-hybridized carbons (Fsp3) is 0.200. The van der Waals surface area contributed by atoms with Crippen LogP contribution in [0.3, 0.4) is 0 Å². The second-order valence-corrected chi connectivity index (χ2v) is 9.38. The summed E-state index contributed by atoms with van der Waals surface area (Å²) in [6, 6.07) is 7.91. The van der Waals surface area contributed by atoms with Gasteiger partial charge in [-0.25, -0.2) is 9.35 Å². The maximum atomic E-state index is 6.10. The summed E-state index contributed by atoms with van der Waals surface area (Å²) >= 11 is 6.37. The Kier molecular flexibility index (Phi) is 5.66. The highest BCUT2D eigenvalue weighted by Crippen LogP contribution is 2.27. The molecular formula is C15H16N8S4. The monoisotopic (exact) mass is 436 g/mol. The smallest absolute Gasteiger partial charge is 0.210 e. The summed E-state index contributed by atoms with van der Waals surface area (Å²) in [5.74, 6) is 15.4. The van der Waals surface area contributed by atoms with Crippen molar-refractivity contribution in [2.75, 3.05) is 23.2 Å². The van der Waals surface area contributed by atoms with Gasteiger partial charge >= 0.3 is 0 Å². The third-order valence-electron chi connectivity index (χ3n) is 3.56. The molecule has 0 radical (unpaired) electrons. The third kappa shape index (κ3) is 3.98. The van der Waals surface area contributed by atoms with Gasteiger partial charge in [-0.3, -0.25) is 0 Å². The molecule has 4 heterocycles. The zero-order chi connectivity index (χ0) is 18.6. The summed E-state index contributed by atoms with van der Waals surface area (Å²) in [5, 5.41) is 22.1. The Hall–Kier alpha value is -2.02. The molecule has 12 heteroatoms. The first-order valence-electron chi connectivity index (χ1n) is 7.98. The molecule has 0 aliphatic carbocycles. The Morgan fingerprint density at radius 2 is 1.26 bits per heavy atom. The van der Waals surface area contributed by atoms with E-state index in [0.29, 0.717) is 22.0 Å². The molecule has 0 aliphatic rings. The second-order valence-electron chi connectivity index (χ2n) is 5.36. The molecule has 0 fully saturated rings. The molecule has 4 N–H and O–H groups in total. The average Bonchev–Trinajstić information content (AvgIpc) is 3.44. The third-order valence-corrected chi connectivity index (χ3v) is 7.35. The van der Waals surface area contributed by atoms with E-state index in [1.54, 1.807) is 55.5 Å². The maximum absolute atomic E-state index is 6.10. The molecule has 0 unspecified atom stereocenters. The lowest BCUT2D eigenvalue weighted by atomic mass is 10.4. The first-order valence-corrected chi connectivity index (χ1v) is 11.7. The highest BCUT2D eigenvalue weighted by Gasteiger charge is 2.14. The van der Waals surface area contributed by atoms with Crippen LogP contribution in [0.1, 0.15) is 6.42 Å². The summed E-state index contributed by atoms with van der Waals surface area (Å²) in [5.41, 5.74) is 0. The van der Waals surface area contributed by atoms with Crippen LogP contribution in [0.25, 0.3) is 21.4 Å². The molecule has 0 spiro atoms. The minimum Gasteiger partial charge on any atom is -0.335 e. The van der Waals surface area contributed by atoms with Gasteiger partial charge < -0.3 is 11.7 Å². The van der Waals surface area contributed by atoms with Crippen molar-refractivity contribution >= 4 is 46.2 Å². The molecule has 0 aliphatic heterocycles. The first kappa shape index (κ1) is 18.3. The van der Waals surface area contributed by atoms with Crippen LogP contribution in [0.15, 0.2) is 45.3 Å². The molecule has 0 saturated heterocycles. The Morgan fingerprint density at radius 3 is 1.67 bits per heavy atom. The van der Waals surface area contributed by atoms with E-state index in [1.165, 1.54) is 0 Å². The summed E-state index contributed by atoms with van der Waals surface area (Å²) in [4.78, 5) is 2.02. The van der Waals surface area contributed by atoms with Gasteiger partial charge in [-0.2, -0.15) is 0 Å². The summed E-state index contributed by atoms with van der Waals surface area (Å²) < 4.78 is 3.10. The van der Waals surface area contributed by atoms with E-state index in [9.17, 15) is 0 Å². The Labute approximate surface area is 171 Å². The number of thiophene rings is 2. The molecule has 4 rings (SSSR count). The van der Waals surface area contributed by atoms with Crippen LogP contribution >= 0.6 is 46.2 Å². The van der Waals surface area contributed by atoms with E-state index in [4.69, 9.17) is 11.7 Å². The molecule has 0 atom stereocenters. The molecule has 8 nitrogen and oxygen atoms in total. The summed E-state index contributed by atoms with van der Waals surface area (Å²) in [6.07, 6.45) is 0.956. The van der Waals surface area contributed by atoms with Gasteiger partial charge in [0.15, 0.2) is 11.6 Å². The van der Waals surface area contributed by atoms with Crippen LogP contribution in [0.2, 0.25) is 0 Å². The van der Waals surface area contributed by atoms with Gasteiger partial charge in [0, 0.05) is 11.5 Å². The van der Waals surface area contributed by atoms with E-state index in [-0.39, 0.29) is 0 Å². The van der Waals surface area contributed by atoms with Gasteiger partial charge in [-0.15, -0.1) is 43.1 Å². The molecule has 27 heavy (non-hydrogen) atoms. The van der Waals surface area contributed by atoms with Gasteiger partial charge in [-0.05, 0) is 29.3 Å². The molecule has 4 aromatic rings. The zero-order valence-corrected chi connectivity index (χ0v) is 17.3. The van der Waals surface area contributed by atoms with Crippen molar-refractivity contribution in [3.8, 4) is 21.4 Å². The molecule has 4 aromatic heterocycles. The lowest BCUT2D eigenvalue weighted by molar-refractivity contribution is 0.845. The fourth-order valence-electron chi connectivity index (χ4n) is 2.28. The first-order chi connectivity index (χ1) is 13.2. The average molecular weight is 437 g/mol. The van der Waals surface area contributed by atoms with Gasteiger partial charge in [0.05, 0.1) is 9.75 Å². The number of nitrogen functional groups attached to an aromatic ring is 2. The lowest BCUT2D eigenvalue weighted by Crippen LogP contribution is -2.11. The Morgan fingerprint density at radius 1 is 0.778 bits per heavy atom. The quantitative estimate of drug-likeness (QED) is 0.246. The number of hydrogen-bond acceptors (Lipinski definition) is 10. The van der Waals surface area contributed by atoms with E-state index < -0.39 is 0 Å². The number of aromatic nitrogens is 6. The second kappa shape index (κ2) is 8.33. The van der Waals surface area contributed by atoms with Crippen LogP contribution in [0.4, 0.5) is 0 Å². The van der Waals surface area contributed by atoms with E-state index in [1.807, 2.05) is 35.0 Å². The molecule has 0 bridgehead atoms. The minimum atomic E-state index is 0.694. The minimum absolute atomic E-state index is 0.694. The van der Waals surface area contributed by atoms with E-state index in [2.05, 4.69) is 20.4 Å². The normalized spacial score (nSPS) is 11.3. The van der Waals surface area contributed by atoms with Gasteiger partial charge in [0.2, 0.25) is 10.3 Å². The molecular weight excluding hydrogens is 420 g/mol. The highest BCUT2D eigenvalue weighted by molar-refractivity contribution is 8.00. The van der Waals surface area contributed by atoms with Gasteiger partial charge in [-0.1, -0.05) is 35.7 Å². The van der Waals surface area contributed by atoms with Crippen molar-refractivity contribution in [3.63, 3.8) is 0 Å². The van der Waals surface area contributed by atoms with Crippen molar-refractivity contribution in [2.45, 2.75) is 16.7 Å². The van der Waals surface area contributed by atoms with Crippen molar-refractivity contribution in [2.24, 2.45) is 0 Å². The topological polar surface area (TPSA) is 113 Å². The lowest BCUT2D eigenvalue weighted by Gasteiger charge is -2.03. The van der Waals surface area contributed by atoms with Crippen molar-refractivity contribution in [1.82, 2.24) is 29.7 Å². The maximum Gasteiger partial charge on any atom is 0.210 e. The van der Waals surface area contributed by atoms with Crippen molar-refractivity contribution < 1.29 is 0 Å². The largest absolute Gasteiger partial charge is 0.335 e. The Balaban J connectivity index is 1.27. The van der Waals surface area contributed by atoms with Crippen LogP contribution < -0.4 is 11.7 Å². The number of nitrogens with zero attached hydrogens (tertiary/aromatic N) is 6. The number of thioether (sulfide) groups is 2. The summed E-state index contributed by atoms with van der Waals surface area (Å²) in [7, 11) is 0. The van der Waals surface area contributed by atoms with Crippen LogP contribution in [0.5, 0.6) is 0 Å². The summed E-state index contributed by atoms with van der Waals surface area (Å²) in [6.45, 7) is 0. The van der Waals surface area contributed by atoms with Crippen molar-refractivity contribution in [1.29, 1.82) is 0 Å². The standard InChI is InChI=1S/C15H16N8S4/c16-22-12(10-4-1-6-24-10)18-20-14(22)26-8-3-9-27-15-21-19-13(23(15)17)11-5-2-7-25-11/h1-2,4-7H,3,8-9,16-17H2. The van der Waals surface area contributed by atoms with Crippen molar-refractivity contribution in [3.05, 3.63) is 35.0 Å². The SMILES string of the molecule is Nn1c(SCCCSc2nnc(-c3cccs3)n2N)nnc1-c1cccs1. The number of rotatable bonds is 8. The van der Waals surface area contributed by atoms with E-state index >= 15 is 0 Å². The molecule has 140 valence electrons. The van der Waals surface area contributed by atoms with Crippen LogP contribution in [-0.4, -0.2) is 41.3 Å². The predicted octanol–water partition coefficient (Wildman–Crippen LogP) is 3.03. The highest BCUT2D eigenvalue weighted by atomic mass is 32.2. The number of nitrogens with two attached hydrogens (primary N) is 2. The van der Waals surface area contributed by atoms with Crippen LogP contribution in [0, 0.1) is 0 Å². The van der Waals surface area contributed by atoms with E-state index in [0.717, 1.165) is 27.7 Å². The Bertz CT molecular complexity index is 909. The number of hydrogen-bond donors (Lipinski definition) is 2. The molecule has 0 aromatic carbocycles. The van der Waals surface area contributed by atoms with Gasteiger partial charge in [0.1, 0.15) is 0 Å². The van der Waals surface area contributed by atoms with Gasteiger partial charge in [0.25, 0.3) is 0 Å².